The van der Waals surface area contributed by atoms with Gasteiger partial charge in [-0.3, -0.25) is 9.89 Å². The Bertz CT molecular complexity index is 816. The minimum atomic E-state index is -0.371. The molecule has 0 aliphatic carbocycles. The largest absolute Gasteiger partial charge is 0.487 e. The lowest BCUT2D eigenvalue weighted by molar-refractivity contribution is 0.0933. The van der Waals surface area contributed by atoms with E-state index in [1.54, 1.807) is 30.6 Å². The van der Waals surface area contributed by atoms with E-state index in [4.69, 9.17) is 4.74 Å². The number of aromatic nitrogens is 4. The van der Waals surface area contributed by atoms with Crippen molar-refractivity contribution in [2.45, 2.75) is 19.6 Å². The van der Waals surface area contributed by atoms with Gasteiger partial charge in [-0.15, -0.1) is 0 Å². The molecule has 3 N–H and O–H groups in total. The molecule has 124 valence electrons. The summed E-state index contributed by atoms with van der Waals surface area (Å²) < 4.78 is 18.5. The Hall–Kier alpha value is -3.16. The van der Waals surface area contributed by atoms with Crippen LogP contribution in [0.4, 0.5) is 4.39 Å². The number of imidazole rings is 1. The van der Waals surface area contributed by atoms with Gasteiger partial charge in [0, 0.05) is 18.5 Å². The van der Waals surface area contributed by atoms with Crippen molar-refractivity contribution in [1.82, 2.24) is 25.5 Å². The predicted molar refractivity (Wildman–Crippen MR) is 83.8 cm³/mol. The van der Waals surface area contributed by atoms with Gasteiger partial charge in [0.25, 0.3) is 5.91 Å². The molecule has 7 nitrogen and oxygen atoms in total. The monoisotopic (exact) mass is 329 g/mol. The Morgan fingerprint density at radius 3 is 3.04 bits per heavy atom. The molecule has 0 spiro atoms. The summed E-state index contributed by atoms with van der Waals surface area (Å²) in [5.41, 5.74) is 0.848. The molecule has 0 bridgehead atoms. The van der Waals surface area contributed by atoms with Crippen LogP contribution in [0.1, 0.15) is 35.0 Å². The van der Waals surface area contributed by atoms with Crippen molar-refractivity contribution in [3.63, 3.8) is 0 Å². The number of nitrogens with one attached hydrogen (secondary N) is 3. The first-order chi connectivity index (χ1) is 11.6. The quantitative estimate of drug-likeness (QED) is 0.647. The molecule has 8 heteroatoms. The topological polar surface area (TPSA) is 95.7 Å². The summed E-state index contributed by atoms with van der Waals surface area (Å²) in [6.45, 7) is 1.97. The van der Waals surface area contributed by atoms with Crippen LogP contribution < -0.4 is 10.1 Å². The number of carbonyl (C=O) groups excluding carboxylic acids is 1. The van der Waals surface area contributed by atoms with Crippen molar-refractivity contribution in [3.8, 4) is 5.75 Å². The van der Waals surface area contributed by atoms with E-state index in [1.807, 2.05) is 6.92 Å². The minimum Gasteiger partial charge on any atom is -0.487 e. The number of halogens is 1. The van der Waals surface area contributed by atoms with E-state index >= 15 is 0 Å². The first-order valence-corrected chi connectivity index (χ1v) is 7.34. The minimum absolute atomic E-state index is 0.150. The van der Waals surface area contributed by atoms with Gasteiger partial charge in [0.05, 0.1) is 11.7 Å². The number of benzene rings is 1. The average molecular weight is 329 g/mol. The first-order valence-electron chi connectivity index (χ1n) is 7.34. The number of carbonyl (C=O) groups is 1. The lowest BCUT2D eigenvalue weighted by atomic mass is 10.3. The maximum atomic E-state index is 13.1. The number of amides is 1. The molecule has 1 amide bonds. The Balaban J connectivity index is 1.57. The Morgan fingerprint density at radius 1 is 1.42 bits per heavy atom. The number of hydrogen-bond acceptors (Lipinski definition) is 4. The van der Waals surface area contributed by atoms with Crippen molar-refractivity contribution in [1.29, 1.82) is 0 Å². The third-order valence-corrected chi connectivity index (χ3v) is 3.33. The molecule has 0 fully saturated rings. The zero-order chi connectivity index (χ0) is 16.9. The second-order valence-corrected chi connectivity index (χ2v) is 5.19. The van der Waals surface area contributed by atoms with Gasteiger partial charge in [0.2, 0.25) is 0 Å². The second-order valence-electron chi connectivity index (χ2n) is 5.19. The summed E-state index contributed by atoms with van der Waals surface area (Å²) in [5, 5.41) is 9.47. The van der Waals surface area contributed by atoms with Crippen LogP contribution in [0.25, 0.3) is 0 Å². The van der Waals surface area contributed by atoms with E-state index in [2.05, 4.69) is 25.5 Å². The molecule has 2 heterocycles. The number of aromatic amines is 2. The maximum Gasteiger partial charge on any atom is 0.272 e. The highest BCUT2D eigenvalue weighted by atomic mass is 19.1. The zero-order valence-electron chi connectivity index (χ0n) is 12.9. The highest BCUT2D eigenvalue weighted by Crippen LogP contribution is 2.14. The maximum absolute atomic E-state index is 13.1. The summed E-state index contributed by atoms with van der Waals surface area (Å²) in [7, 11) is 0. The van der Waals surface area contributed by atoms with Crippen LogP contribution in [0.2, 0.25) is 0 Å². The number of rotatable bonds is 6. The molecular weight excluding hydrogens is 313 g/mol. The zero-order valence-corrected chi connectivity index (χ0v) is 12.9. The molecule has 24 heavy (non-hydrogen) atoms. The van der Waals surface area contributed by atoms with Crippen LogP contribution in [0, 0.1) is 5.82 Å². The van der Waals surface area contributed by atoms with Gasteiger partial charge in [-0.2, -0.15) is 5.10 Å². The van der Waals surface area contributed by atoms with Gasteiger partial charge in [-0.25, -0.2) is 9.37 Å². The summed E-state index contributed by atoms with van der Waals surface area (Å²) in [4.78, 5) is 19.2. The summed E-state index contributed by atoms with van der Waals surface area (Å²) in [6, 6.07) is 7.16. The van der Waals surface area contributed by atoms with Crippen LogP contribution in [0.5, 0.6) is 5.75 Å². The lowest BCUT2D eigenvalue weighted by Gasteiger charge is -2.09. The highest BCUT2D eigenvalue weighted by Gasteiger charge is 2.15. The van der Waals surface area contributed by atoms with Crippen molar-refractivity contribution >= 4 is 5.91 Å². The standard InChI is InChI=1S/C16H16FN5O2/c1-10(15-18-5-6-19-15)20-16(23)14-8-12(21-22-14)9-24-13-4-2-3-11(17)7-13/h2-8,10H,9H2,1H3,(H,18,19)(H,20,23)(H,21,22)/t10-/m1/s1. The molecule has 1 aromatic carbocycles. The highest BCUT2D eigenvalue weighted by molar-refractivity contribution is 5.92. The Morgan fingerprint density at radius 2 is 2.29 bits per heavy atom. The lowest BCUT2D eigenvalue weighted by Crippen LogP contribution is -2.27. The summed E-state index contributed by atoms with van der Waals surface area (Å²) in [6.07, 6.45) is 3.31. The molecule has 2 aromatic heterocycles. The number of nitrogens with zero attached hydrogens (tertiary/aromatic N) is 2. The summed E-state index contributed by atoms with van der Waals surface area (Å²) in [5.74, 6) is 0.367. The average Bonchev–Trinajstić information content (AvgIpc) is 3.25. The fourth-order valence-corrected chi connectivity index (χ4v) is 2.12. The molecule has 0 saturated carbocycles. The van der Waals surface area contributed by atoms with Crippen LogP contribution in [-0.4, -0.2) is 26.1 Å². The molecule has 0 radical (unpaired) electrons. The van der Waals surface area contributed by atoms with Crippen molar-refractivity contribution in [2.24, 2.45) is 0 Å². The van der Waals surface area contributed by atoms with E-state index < -0.39 is 0 Å². The molecule has 1 atom stereocenters. The Labute approximate surface area is 137 Å². The first kappa shape index (κ1) is 15.7. The summed E-state index contributed by atoms with van der Waals surface area (Å²) >= 11 is 0. The normalized spacial score (nSPS) is 11.9. The second kappa shape index (κ2) is 6.95. The van der Waals surface area contributed by atoms with Crippen molar-refractivity contribution in [3.05, 3.63) is 65.8 Å². The van der Waals surface area contributed by atoms with Gasteiger partial charge >= 0.3 is 0 Å². The van der Waals surface area contributed by atoms with Gasteiger partial charge in [-0.05, 0) is 25.1 Å². The van der Waals surface area contributed by atoms with Crippen LogP contribution in [0.3, 0.4) is 0 Å². The fourth-order valence-electron chi connectivity index (χ4n) is 2.12. The molecule has 0 aliphatic heterocycles. The van der Waals surface area contributed by atoms with Gasteiger partial charge in [0.1, 0.15) is 29.7 Å². The van der Waals surface area contributed by atoms with Crippen LogP contribution in [0.15, 0.2) is 42.7 Å². The third-order valence-electron chi connectivity index (χ3n) is 3.33. The number of ether oxygens (including phenoxy) is 1. The van der Waals surface area contributed by atoms with Gasteiger partial charge in [-0.1, -0.05) is 6.07 Å². The van der Waals surface area contributed by atoms with E-state index in [-0.39, 0.29) is 30.1 Å². The van der Waals surface area contributed by atoms with Crippen LogP contribution >= 0.6 is 0 Å². The molecule has 3 rings (SSSR count). The van der Waals surface area contributed by atoms with E-state index in [0.29, 0.717) is 17.3 Å². The predicted octanol–water partition coefficient (Wildman–Crippen LogP) is 2.34. The van der Waals surface area contributed by atoms with Crippen LogP contribution in [-0.2, 0) is 6.61 Å². The molecule has 3 aromatic rings. The fraction of sp³-hybridized carbons (Fsp3) is 0.188. The van der Waals surface area contributed by atoms with Gasteiger partial charge < -0.3 is 15.0 Å². The molecular formula is C16H16FN5O2. The van der Waals surface area contributed by atoms with E-state index in [1.165, 1.54) is 12.1 Å². The SMILES string of the molecule is C[C@@H](NC(=O)c1cc(COc2cccc(F)c2)[nH]n1)c1ncc[nH]1. The number of H-pyrrole nitrogens is 2. The van der Waals surface area contributed by atoms with Gasteiger partial charge in [0.15, 0.2) is 0 Å². The molecule has 0 unspecified atom stereocenters. The third kappa shape index (κ3) is 3.78. The van der Waals surface area contributed by atoms with Crippen molar-refractivity contribution in [2.75, 3.05) is 0 Å². The van der Waals surface area contributed by atoms with Crippen molar-refractivity contribution < 1.29 is 13.9 Å². The molecule has 0 aliphatic rings. The van der Waals surface area contributed by atoms with E-state index in [9.17, 15) is 9.18 Å². The molecule has 0 saturated heterocycles. The Kier molecular flexibility index (Phi) is 4.55. The smallest absolute Gasteiger partial charge is 0.272 e. The van der Waals surface area contributed by atoms with E-state index in [0.717, 1.165) is 0 Å². The number of hydrogen-bond donors (Lipinski definition) is 3.